The Bertz CT molecular complexity index is 234. The van der Waals surface area contributed by atoms with Gasteiger partial charge in [0.15, 0.2) is 0 Å². The van der Waals surface area contributed by atoms with Gasteiger partial charge in [0.25, 0.3) is 0 Å². The quantitative estimate of drug-likeness (QED) is 0.433. The fourth-order valence-electron chi connectivity index (χ4n) is 2.64. The standard InChI is InChI=1S/C18H36O2/c1-4-6-8-10-12-14-17(19)16-18(3,20)15-13-11-9-7-5-2/h20H,4-16H2,1-3H3. The molecule has 0 saturated carbocycles. The first kappa shape index (κ1) is 19.6. The zero-order valence-electron chi connectivity index (χ0n) is 14.0. The second kappa shape index (κ2) is 12.4. The van der Waals surface area contributed by atoms with E-state index in [2.05, 4.69) is 13.8 Å². The first-order chi connectivity index (χ1) is 9.52. The average Bonchev–Trinajstić information content (AvgIpc) is 2.37. The van der Waals surface area contributed by atoms with Gasteiger partial charge in [0, 0.05) is 12.8 Å². The van der Waals surface area contributed by atoms with Crippen molar-refractivity contribution in [3.05, 3.63) is 0 Å². The van der Waals surface area contributed by atoms with Crippen molar-refractivity contribution in [3.8, 4) is 0 Å². The molecule has 0 bridgehead atoms. The Balaban J connectivity index is 3.63. The second-order valence-corrected chi connectivity index (χ2v) is 6.54. The van der Waals surface area contributed by atoms with Crippen molar-refractivity contribution in [1.29, 1.82) is 0 Å². The molecule has 0 aliphatic rings. The summed E-state index contributed by atoms with van der Waals surface area (Å²) in [4.78, 5) is 11.9. The molecule has 0 fully saturated rings. The molecular weight excluding hydrogens is 248 g/mol. The van der Waals surface area contributed by atoms with Crippen molar-refractivity contribution in [2.75, 3.05) is 0 Å². The van der Waals surface area contributed by atoms with Gasteiger partial charge < -0.3 is 5.11 Å². The van der Waals surface area contributed by atoms with Gasteiger partial charge in [-0.3, -0.25) is 4.79 Å². The van der Waals surface area contributed by atoms with Crippen LogP contribution in [-0.2, 0) is 4.79 Å². The molecule has 1 N–H and O–H groups in total. The highest BCUT2D eigenvalue weighted by molar-refractivity contribution is 5.79. The third-order valence-corrected chi connectivity index (χ3v) is 3.96. The molecular formula is C18H36O2. The molecule has 0 aliphatic heterocycles. The van der Waals surface area contributed by atoms with Crippen LogP contribution < -0.4 is 0 Å². The first-order valence-corrected chi connectivity index (χ1v) is 8.76. The van der Waals surface area contributed by atoms with Gasteiger partial charge >= 0.3 is 0 Å². The number of carbonyl (C=O) groups is 1. The molecule has 1 unspecified atom stereocenters. The number of hydrogen-bond acceptors (Lipinski definition) is 2. The molecule has 0 aromatic rings. The van der Waals surface area contributed by atoms with Gasteiger partial charge in [0.05, 0.1) is 5.60 Å². The van der Waals surface area contributed by atoms with Crippen LogP contribution in [0.15, 0.2) is 0 Å². The molecule has 0 aromatic heterocycles. The van der Waals surface area contributed by atoms with E-state index in [1.165, 1.54) is 44.9 Å². The monoisotopic (exact) mass is 284 g/mol. The van der Waals surface area contributed by atoms with Gasteiger partial charge in [-0.25, -0.2) is 0 Å². The maximum Gasteiger partial charge on any atom is 0.135 e. The van der Waals surface area contributed by atoms with Crippen LogP contribution in [0.2, 0.25) is 0 Å². The number of carbonyl (C=O) groups excluding carboxylic acids is 1. The van der Waals surface area contributed by atoms with Gasteiger partial charge in [0.1, 0.15) is 5.78 Å². The average molecular weight is 284 g/mol. The Morgan fingerprint density at radius 3 is 1.90 bits per heavy atom. The summed E-state index contributed by atoms with van der Waals surface area (Å²) in [5.41, 5.74) is -0.785. The smallest absolute Gasteiger partial charge is 0.135 e. The number of aliphatic hydroxyl groups is 1. The molecule has 0 spiro atoms. The van der Waals surface area contributed by atoms with E-state index < -0.39 is 5.60 Å². The van der Waals surface area contributed by atoms with Gasteiger partial charge in [-0.2, -0.15) is 0 Å². The normalized spacial score (nSPS) is 14.2. The zero-order chi connectivity index (χ0) is 15.3. The molecule has 1 atom stereocenters. The summed E-state index contributed by atoms with van der Waals surface area (Å²) in [6.07, 6.45) is 13.6. The molecule has 0 amide bonds. The predicted octanol–water partition coefficient (Wildman–Crippen LogP) is 5.42. The van der Waals surface area contributed by atoms with E-state index in [0.29, 0.717) is 12.8 Å². The van der Waals surface area contributed by atoms with Crippen molar-refractivity contribution < 1.29 is 9.90 Å². The molecule has 0 rings (SSSR count). The Labute approximate surface area is 126 Å². The SMILES string of the molecule is CCCCCCCC(=O)CC(C)(O)CCCCCCC. The Hall–Kier alpha value is -0.370. The molecule has 0 saturated heterocycles. The van der Waals surface area contributed by atoms with E-state index in [0.717, 1.165) is 25.7 Å². The Morgan fingerprint density at radius 2 is 1.35 bits per heavy atom. The fourth-order valence-corrected chi connectivity index (χ4v) is 2.64. The van der Waals surface area contributed by atoms with Gasteiger partial charge in [-0.05, 0) is 19.8 Å². The molecule has 0 aliphatic carbocycles. The summed E-state index contributed by atoms with van der Waals surface area (Å²) >= 11 is 0. The van der Waals surface area contributed by atoms with Crippen LogP contribution in [0.25, 0.3) is 0 Å². The van der Waals surface area contributed by atoms with Gasteiger partial charge in [-0.1, -0.05) is 71.6 Å². The third kappa shape index (κ3) is 12.7. The van der Waals surface area contributed by atoms with Gasteiger partial charge in [-0.15, -0.1) is 0 Å². The van der Waals surface area contributed by atoms with Crippen LogP contribution in [0.4, 0.5) is 0 Å². The lowest BCUT2D eigenvalue weighted by molar-refractivity contribution is -0.123. The minimum Gasteiger partial charge on any atom is -0.390 e. The molecule has 0 aromatic carbocycles. The van der Waals surface area contributed by atoms with Crippen LogP contribution in [0.3, 0.4) is 0 Å². The summed E-state index contributed by atoms with van der Waals surface area (Å²) in [5.74, 6) is 0.236. The maximum atomic E-state index is 11.9. The van der Waals surface area contributed by atoms with E-state index in [1.54, 1.807) is 0 Å². The van der Waals surface area contributed by atoms with Crippen LogP contribution in [0.1, 0.15) is 104 Å². The van der Waals surface area contributed by atoms with Crippen molar-refractivity contribution in [1.82, 2.24) is 0 Å². The highest BCUT2D eigenvalue weighted by atomic mass is 16.3. The minimum atomic E-state index is -0.785. The summed E-state index contributed by atoms with van der Waals surface area (Å²) in [7, 11) is 0. The Kier molecular flexibility index (Phi) is 12.1. The summed E-state index contributed by atoms with van der Waals surface area (Å²) < 4.78 is 0. The number of rotatable bonds is 14. The Morgan fingerprint density at radius 1 is 0.850 bits per heavy atom. The topological polar surface area (TPSA) is 37.3 Å². The highest BCUT2D eigenvalue weighted by Crippen LogP contribution is 2.21. The molecule has 0 heterocycles. The summed E-state index contributed by atoms with van der Waals surface area (Å²) in [6, 6.07) is 0. The molecule has 2 heteroatoms. The van der Waals surface area contributed by atoms with Crippen molar-refractivity contribution in [3.63, 3.8) is 0 Å². The molecule has 120 valence electrons. The van der Waals surface area contributed by atoms with E-state index in [-0.39, 0.29) is 5.78 Å². The molecule has 2 nitrogen and oxygen atoms in total. The number of hydrogen-bond donors (Lipinski definition) is 1. The number of Topliss-reactive ketones (excluding diaryl/α,β-unsaturated/α-hetero) is 1. The molecule has 0 radical (unpaired) electrons. The van der Waals surface area contributed by atoms with Crippen molar-refractivity contribution in [2.24, 2.45) is 0 Å². The van der Waals surface area contributed by atoms with Gasteiger partial charge in [0.2, 0.25) is 0 Å². The lowest BCUT2D eigenvalue weighted by Crippen LogP contribution is -2.27. The minimum absolute atomic E-state index is 0.236. The highest BCUT2D eigenvalue weighted by Gasteiger charge is 2.23. The second-order valence-electron chi connectivity index (χ2n) is 6.54. The van der Waals surface area contributed by atoms with E-state index >= 15 is 0 Å². The van der Waals surface area contributed by atoms with Crippen LogP contribution in [0.5, 0.6) is 0 Å². The lowest BCUT2D eigenvalue weighted by atomic mass is 9.91. The predicted molar refractivity (Wildman–Crippen MR) is 87.0 cm³/mol. The third-order valence-electron chi connectivity index (χ3n) is 3.96. The fraction of sp³-hybridized carbons (Fsp3) is 0.944. The van der Waals surface area contributed by atoms with Crippen LogP contribution in [0, 0.1) is 0 Å². The van der Waals surface area contributed by atoms with Crippen molar-refractivity contribution in [2.45, 2.75) is 110 Å². The van der Waals surface area contributed by atoms with E-state index in [9.17, 15) is 9.90 Å². The van der Waals surface area contributed by atoms with E-state index in [1.807, 2.05) is 6.92 Å². The summed E-state index contributed by atoms with van der Waals surface area (Å²) in [5, 5.41) is 10.3. The van der Waals surface area contributed by atoms with Crippen LogP contribution in [-0.4, -0.2) is 16.5 Å². The first-order valence-electron chi connectivity index (χ1n) is 8.76. The van der Waals surface area contributed by atoms with E-state index in [4.69, 9.17) is 0 Å². The summed E-state index contributed by atoms with van der Waals surface area (Å²) in [6.45, 7) is 6.22. The van der Waals surface area contributed by atoms with Crippen LogP contribution >= 0.6 is 0 Å². The number of ketones is 1. The lowest BCUT2D eigenvalue weighted by Gasteiger charge is -2.22. The largest absolute Gasteiger partial charge is 0.390 e. The zero-order valence-corrected chi connectivity index (χ0v) is 14.0. The number of unbranched alkanes of at least 4 members (excludes halogenated alkanes) is 8. The van der Waals surface area contributed by atoms with Crippen molar-refractivity contribution >= 4 is 5.78 Å². The molecule has 20 heavy (non-hydrogen) atoms. The maximum absolute atomic E-state index is 11.9.